The van der Waals surface area contributed by atoms with E-state index in [1.165, 1.54) is 27.4 Å². The highest BCUT2D eigenvalue weighted by atomic mass is 35.5. The van der Waals surface area contributed by atoms with E-state index in [1.807, 2.05) is 25.2 Å². The molecule has 5 nitrogen and oxygen atoms in total. The van der Waals surface area contributed by atoms with Crippen molar-refractivity contribution < 1.29 is 0 Å². The third-order valence-electron chi connectivity index (χ3n) is 5.58. The fourth-order valence-corrected chi connectivity index (χ4v) is 5.33. The van der Waals surface area contributed by atoms with E-state index in [9.17, 15) is 0 Å². The standard InChI is InChI=1S/C23H19Cl2N5S/c1-13-10-16(23-26-27-28-29(23)2)22(31-3)21-20(13)15-6-4-5-7-19(15)30(21)12-14-8-9-17(24)18(25)11-14/h4-11H,12H2,1-3H3. The zero-order valence-electron chi connectivity index (χ0n) is 17.2. The topological polar surface area (TPSA) is 48.5 Å². The molecule has 3 aromatic carbocycles. The monoisotopic (exact) mass is 467 g/mol. The van der Waals surface area contributed by atoms with Crippen LogP contribution in [0.5, 0.6) is 0 Å². The molecule has 5 aromatic rings. The predicted molar refractivity (Wildman–Crippen MR) is 129 cm³/mol. The number of aromatic nitrogens is 5. The van der Waals surface area contributed by atoms with Crippen LogP contribution in [0.25, 0.3) is 33.2 Å². The molecular weight excluding hydrogens is 449 g/mol. The van der Waals surface area contributed by atoms with Gasteiger partial charge in [-0.2, -0.15) is 0 Å². The quantitative estimate of drug-likeness (QED) is 0.288. The molecule has 8 heteroatoms. The van der Waals surface area contributed by atoms with Crippen LogP contribution in [-0.2, 0) is 13.6 Å². The van der Waals surface area contributed by atoms with Crippen LogP contribution in [0.4, 0.5) is 0 Å². The van der Waals surface area contributed by atoms with Gasteiger partial charge in [0.05, 0.1) is 15.6 Å². The Balaban J connectivity index is 1.87. The summed E-state index contributed by atoms with van der Waals surface area (Å²) in [5.41, 5.74) is 5.67. The fourth-order valence-electron chi connectivity index (χ4n) is 4.24. The van der Waals surface area contributed by atoms with Crippen molar-refractivity contribution in [3.8, 4) is 11.4 Å². The molecule has 0 unspecified atom stereocenters. The number of aryl methyl sites for hydroxylation is 2. The van der Waals surface area contributed by atoms with Gasteiger partial charge >= 0.3 is 0 Å². The minimum absolute atomic E-state index is 0.561. The van der Waals surface area contributed by atoms with E-state index in [1.54, 1.807) is 16.4 Å². The van der Waals surface area contributed by atoms with E-state index < -0.39 is 0 Å². The number of benzene rings is 3. The molecule has 0 amide bonds. The Hall–Kier alpha value is -2.54. The van der Waals surface area contributed by atoms with Gasteiger partial charge in [-0.05, 0) is 59.0 Å². The lowest BCUT2D eigenvalue weighted by Crippen LogP contribution is -2.02. The molecule has 0 fully saturated rings. The zero-order valence-corrected chi connectivity index (χ0v) is 19.6. The van der Waals surface area contributed by atoms with Crippen molar-refractivity contribution in [1.29, 1.82) is 0 Å². The Morgan fingerprint density at radius 1 is 1.03 bits per heavy atom. The molecule has 0 aliphatic heterocycles. The Morgan fingerprint density at radius 2 is 1.84 bits per heavy atom. The molecule has 0 atom stereocenters. The lowest BCUT2D eigenvalue weighted by molar-refractivity contribution is 0.714. The zero-order chi connectivity index (χ0) is 21.7. The number of hydrogen-bond donors (Lipinski definition) is 0. The van der Waals surface area contributed by atoms with Crippen LogP contribution < -0.4 is 0 Å². The van der Waals surface area contributed by atoms with Gasteiger partial charge in [0.25, 0.3) is 0 Å². The summed E-state index contributed by atoms with van der Waals surface area (Å²) in [7, 11) is 1.87. The van der Waals surface area contributed by atoms with Crippen LogP contribution in [0, 0.1) is 6.92 Å². The SMILES string of the molecule is CSc1c(-c2nnnn2C)cc(C)c2c3ccccc3n(Cc3ccc(Cl)c(Cl)c3)c12. The van der Waals surface area contributed by atoms with Gasteiger partial charge in [0.2, 0.25) is 0 Å². The van der Waals surface area contributed by atoms with Crippen molar-refractivity contribution in [3.05, 3.63) is 69.7 Å². The van der Waals surface area contributed by atoms with Crippen molar-refractivity contribution in [2.75, 3.05) is 6.26 Å². The smallest absolute Gasteiger partial charge is 0.182 e. The maximum Gasteiger partial charge on any atom is 0.182 e. The molecule has 0 saturated heterocycles. The molecule has 0 saturated carbocycles. The number of rotatable bonds is 4. The summed E-state index contributed by atoms with van der Waals surface area (Å²) in [6.45, 7) is 2.82. The second-order valence-corrected chi connectivity index (χ2v) is 9.11. The Labute approximate surface area is 194 Å². The summed E-state index contributed by atoms with van der Waals surface area (Å²) in [4.78, 5) is 1.15. The molecule has 0 bridgehead atoms. The minimum atomic E-state index is 0.561. The first-order valence-corrected chi connectivity index (χ1v) is 11.7. The number of para-hydroxylation sites is 1. The molecule has 0 N–H and O–H groups in total. The van der Waals surface area contributed by atoms with Gasteiger partial charge in [0, 0.05) is 40.3 Å². The second kappa shape index (κ2) is 7.86. The molecule has 0 aliphatic carbocycles. The normalized spacial score (nSPS) is 11.6. The molecule has 5 rings (SSSR count). The Kier molecular flexibility index (Phi) is 5.16. The van der Waals surface area contributed by atoms with Crippen molar-refractivity contribution in [2.45, 2.75) is 18.4 Å². The first-order valence-electron chi connectivity index (χ1n) is 9.74. The number of fused-ring (bicyclic) bond motifs is 3. The molecule has 0 spiro atoms. The van der Waals surface area contributed by atoms with Crippen molar-refractivity contribution in [3.63, 3.8) is 0 Å². The molecule has 156 valence electrons. The van der Waals surface area contributed by atoms with Crippen LogP contribution in [0.3, 0.4) is 0 Å². The number of tetrazole rings is 1. The molecule has 2 aromatic heterocycles. The minimum Gasteiger partial charge on any atom is -0.335 e. The lowest BCUT2D eigenvalue weighted by Gasteiger charge is -2.15. The molecule has 0 radical (unpaired) electrons. The third kappa shape index (κ3) is 3.30. The van der Waals surface area contributed by atoms with Crippen LogP contribution in [0.1, 0.15) is 11.1 Å². The number of halogens is 2. The van der Waals surface area contributed by atoms with E-state index in [0.717, 1.165) is 21.8 Å². The molecule has 31 heavy (non-hydrogen) atoms. The number of thioether (sulfide) groups is 1. The van der Waals surface area contributed by atoms with Crippen LogP contribution in [0.2, 0.25) is 10.0 Å². The average molecular weight is 468 g/mol. The van der Waals surface area contributed by atoms with E-state index in [0.29, 0.717) is 16.6 Å². The predicted octanol–water partition coefficient (Wildman–Crippen LogP) is 6.37. The van der Waals surface area contributed by atoms with Gasteiger partial charge in [-0.15, -0.1) is 16.9 Å². The summed E-state index contributed by atoms with van der Waals surface area (Å²) in [6, 6.07) is 16.5. The first kappa shape index (κ1) is 20.4. The van der Waals surface area contributed by atoms with Gasteiger partial charge in [-0.1, -0.05) is 47.5 Å². The largest absolute Gasteiger partial charge is 0.335 e. The maximum absolute atomic E-state index is 6.31. The summed E-state index contributed by atoms with van der Waals surface area (Å²) >= 11 is 14.2. The second-order valence-electron chi connectivity index (χ2n) is 7.48. The van der Waals surface area contributed by atoms with Crippen LogP contribution in [-0.4, -0.2) is 31.0 Å². The third-order valence-corrected chi connectivity index (χ3v) is 7.14. The van der Waals surface area contributed by atoms with Gasteiger partial charge in [-0.25, -0.2) is 4.68 Å². The van der Waals surface area contributed by atoms with Gasteiger partial charge in [-0.3, -0.25) is 0 Å². The van der Waals surface area contributed by atoms with Gasteiger partial charge in [0.15, 0.2) is 5.82 Å². The van der Waals surface area contributed by atoms with Crippen LogP contribution in [0.15, 0.2) is 53.4 Å². The highest BCUT2D eigenvalue weighted by Gasteiger charge is 2.22. The molecular formula is C23H19Cl2N5S. The van der Waals surface area contributed by atoms with Gasteiger partial charge in [0.1, 0.15) is 0 Å². The Morgan fingerprint density at radius 3 is 2.55 bits per heavy atom. The van der Waals surface area contributed by atoms with E-state index in [4.69, 9.17) is 23.2 Å². The highest BCUT2D eigenvalue weighted by Crippen LogP contribution is 2.42. The summed E-state index contributed by atoms with van der Waals surface area (Å²) in [5.74, 6) is 0.751. The first-order chi connectivity index (χ1) is 15.0. The summed E-state index contributed by atoms with van der Waals surface area (Å²) < 4.78 is 4.07. The average Bonchev–Trinajstić information content (AvgIpc) is 3.33. The van der Waals surface area contributed by atoms with E-state index in [-0.39, 0.29) is 0 Å². The van der Waals surface area contributed by atoms with Crippen molar-refractivity contribution >= 4 is 56.8 Å². The number of hydrogen-bond acceptors (Lipinski definition) is 4. The van der Waals surface area contributed by atoms with E-state index >= 15 is 0 Å². The van der Waals surface area contributed by atoms with E-state index in [2.05, 4.69) is 63.6 Å². The summed E-state index contributed by atoms with van der Waals surface area (Å²) in [6.07, 6.45) is 2.10. The molecule has 2 heterocycles. The van der Waals surface area contributed by atoms with Crippen molar-refractivity contribution in [2.24, 2.45) is 7.05 Å². The maximum atomic E-state index is 6.31. The Bertz CT molecular complexity index is 1450. The van der Waals surface area contributed by atoms with Gasteiger partial charge < -0.3 is 4.57 Å². The molecule has 0 aliphatic rings. The fraction of sp³-hybridized carbons (Fsp3) is 0.174. The van der Waals surface area contributed by atoms with Crippen molar-refractivity contribution in [1.82, 2.24) is 24.8 Å². The summed E-state index contributed by atoms with van der Waals surface area (Å²) in [5, 5.41) is 15.8. The van der Waals surface area contributed by atoms with Crippen LogP contribution >= 0.6 is 35.0 Å². The highest BCUT2D eigenvalue weighted by molar-refractivity contribution is 7.99. The lowest BCUT2D eigenvalue weighted by atomic mass is 10.0. The number of nitrogens with zero attached hydrogens (tertiary/aromatic N) is 5.